The average Bonchev–Trinajstić information content (AvgIpc) is 1.41. The van der Waals surface area contributed by atoms with Crippen LogP contribution < -0.4 is 12.3 Å². The Morgan fingerprint density at radius 1 is 1.12 bits per heavy atom. The van der Waals surface area contributed by atoms with Crippen molar-refractivity contribution in [3.05, 3.63) is 13.2 Å². The van der Waals surface area contributed by atoms with Gasteiger partial charge in [0.1, 0.15) is 0 Å². The Morgan fingerprint density at radius 2 is 1.12 bits per heavy atom. The van der Waals surface area contributed by atoms with Gasteiger partial charge < -0.3 is 22.5 Å². The predicted molar refractivity (Wildman–Crippen MR) is 32.0 cm³/mol. The Hall–Kier alpha value is -1.07. The maximum atomic E-state index is 8.56. The van der Waals surface area contributed by atoms with Crippen LogP contribution in [0.25, 0.3) is 0 Å². The van der Waals surface area contributed by atoms with Gasteiger partial charge in [0, 0.05) is 0 Å². The van der Waals surface area contributed by atoms with Crippen molar-refractivity contribution in [3.8, 4) is 0 Å². The zero-order valence-corrected chi connectivity index (χ0v) is 4.63. The molecule has 0 aliphatic carbocycles. The summed E-state index contributed by atoms with van der Waals surface area (Å²) in [6.45, 7) is 6.00. The van der Waals surface area contributed by atoms with Gasteiger partial charge in [-0.1, -0.05) is 0 Å². The largest absolute Gasteiger partial charge is 0.503 e. The molecule has 0 aromatic carbocycles. The molecule has 0 aromatic heterocycles. The van der Waals surface area contributed by atoms with Crippen LogP contribution in [0.15, 0.2) is 13.2 Å². The van der Waals surface area contributed by atoms with Gasteiger partial charge in [0.2, 0.25) is 0 Å². The fourth-order valence-electron chi connectivity index (χ4n) is 0. The molecular weight excluding hydrogens is 112 g/mol. The highest BCUT2D eigenvalue weighted by molar-refractivity contribution is 5.53. The summed E-state index contributed by atoms with van der Waals surface area (Å²) in [7, 11) is 0. The summed E-state index contributed by atoms with van der Waals surface area (Å²) >= 11 is 0. The van der Waals surface area contributed by atoms with Gasteiger partial charge in [0.15, 0.2) is 0 Å². The topological polar surface area (TPSA) is 128 Å². The van der Waals surface area contributed by atoms with Gasteiger partial charge in [0.05, 0.1) is 0 Å². The molecule has 0 aromatic rings. The molecule has 8 N–H and O–H groups in total. The highest BCUT2D eigenvalue weighted by Gasteiger charge is 1.70. The lowest BCUT2D eigenvalue weighted by molar-refractivity contribution is 0.137. The summed E-state index contributed by atoms with van der Waals surface area (Å²) in [4.78, 5) is 8.56. The van der Waals surface area contributed by atoms with Gasteiger partial charge in [0.25, 0.3) is 0 Å². The Kier molecular flexibility index (Phi) is 137. The van der Waals surface area contributed by atoms with Crippen molar-refractivity contribution in [3.63, 3.8) is 0 Å². The Bertz CT molecular complexity index is 43.8. The summed E-state index contributed by atoms with van der Waals surface area (Å²) in [5, 5.41) is 13.9. The second-order valence-electron chi connectivity index (χ2n) is 0.283. The maximum Gasteiger partial charge on any atom is 0.503 e. The van der Waals surface area contributed by atoms with Crippen LogP contribution in [0.4, 0.5) is 4.79 Å². The highest BCUT2D eigenvalue weighted by Crippen LogP contribution is 1.42. The summed E-state index contributed by atoms with van der Waals surface area (Å²) in [6.07, 6.45) is -1.83. The predicted octanol–water partition coefficient (Wildman–Crippen LogP) is 1.35. The molecule has 5 nitrogen and oxygen atoms in total. The van der Waals surface area contributed by atoms with E-state index >= 15 is 0 Å². The van der Waals surface area contributed by atoms with E-state index in [1.54, 1.807) is 0 Å². The monoisotopic (exact) mass is 124 g/mol. The molecule has 0 saturated carbocycles. The van der Waals surface area contributed by atoms with E-state index in [9.17, 15) is 0 Å². The standard InChI is InChI=1S/C2H4.CH2O3.2H3N/c1-2;2-1(3)4;;/h1-2H2;(H2,2,3,4);2*1H3. The molecular formula is C3H12N2O3. The van der Waals surface area contributed by atoms with Crippen molar-refractivity contribution in [1.82, 2.24) is 12.3 Å². The molecule has 0 unspecified atom stereocenters. The molecule has 0 bridgehead atoms. The van der Waals surface area contributed by atoms with E-state index in [1.807, 2.05) is 0 Å². The number of rotatable bonds is 0. The second-order valence-corrected chi connectivity index (χ2v) is 0.283. The van der Waals surface area contributed by atoms with Crippen LogP contribution in [0.1, 0.15) is 0 Å². The van der Waals surface area contributed by atoms with Crippen LogP contribution in [-0.4, -0.2) is 16.4 Å². The number of hydrogen-bond donors (Lipinski definition) is 4. The fraction of sp³-hybridized carbons (Fsp3) is 0. The molecule has 8 heavy (non-hydrogen) atoms. The van der Waals surface area contributed by atoms with E-state index in [2.05, 4.69) is 13.2 Å². The van der Waals surface area contributed by atoms with E-state index < -0.39 is 6.16 Å². The third kappa shape index (κ3) is 66.5. The smallest absolute Gasteiger partial charge is 0.450 e. The van der Waals surface area contributed by atoms with Crippen LogP contribution in [0.2, 0.25) is 0 Å². The molecule has 5 heteroatoms. The molecule has 0 aliphatic rings. The first-order valence-electron chi connectivity index (χ1n) is 1.15. The lowest BCUT2D eigenvalue weighted by Crippen LogP contribution is -1.81. The van der Waals surface area contributed by atoms with E-state index in [0.717, 1.165) is 0 Å². The van der Waals surface area contributed by atoms with E-state index in [4.69, 9.17) is 15.0 Å². The fourth-order valence-corrected chi connectivity index (χ4v) is 0. The van der Waals surface area contributed by atoms with Crippen LogP contribution in [0.3, 0.4) is 0 Å². The number of carbonyl (C=O) groups is 1. The molecule has 0 saturated heterocycles. The average molecular weight is 124 g/mol. The first-order valence-corrected chi connectivity index (χ1v) is 1.15. The molecule has 0 spiro atoms. The van der Waals surface area contributed by atoms with Crippen molar-refractivity contribution in [2.45, 2.75) is 0 Å². The van der Waals surface area contributed by atoms with Crippen molar-refractivity contribution < 1.29 is 15.0 Å². The summed E-state index contributed by atoms with van der Waals surface area (Å²) in [6, 6.07) is 0. The molecule has 0 amide bonds. The van der Waals surface area contributed by atoms with Crippen LogP contribution in [0, 0.1) is 0 Å². The van der Waals surface area contributed by atoms with E-state index in [-0.39, 0.29) is 12.3 Å². The van der Waals surface area contributed by atoms with Crippen molar-refractivity contribution in [2.75, 3.05) is 0 Å². The van der Waals surface area contributed by atoms with Gasteiger partial charge in [-0.2, -0.15) is 0 Å². The SMILES string of the molecule is C=C.N.N.O=C(O)O. The minimum atomic E-state index is -1.83. The zero-order chi connectivity index (χ0) is 5.58. The van der Waals surface area contributed by atoms with Crippen LogP contribution >= 0.6 is 0 Å². The zero-order valence-electron chi connectivity index (χ0n) is 4.63. The molecule has 0 fully saturated rings. The molecule has 0 heterocycles. The van der Waals surface area contributed by atoms with E-state index in [1.165, 1.54) is 0 Å². The number of hydrogen-bond acceptors (Lipinski definition) is 3. The van der Waals surface area contributed by atoms with Crippen LogP contribution in [-0.2, 0) is 0 Å². The number of carboxylic acid groups (broad SMARTS) is 2. The van der Waals surface area contributed by atoms with Gasteiger partial charge in [-0.05, 0) is 0 Å². The second kappa shape index (κ2) is 38.7. The molecule has 0 rings (SSSR count). The molecule has 0 atom stereocenters. The Balaban J connectivity index is -0.0000000183. The summed E-state index contributed by atoms with van der Waals surface area (Å²) in [5.41, 5.74) is 0. The maximum absolute atomic E-state index is 8.56. The Morgan fingerprint density at radius 3 is 1.12 bits per heavy atom. The minimum absolute atomic E-state index is 0. The van der Waals surface area contributed by atoms with Gasteiger partial charge >= 0.3 is 6.16 Å². The van der Waals surface area contributed by atoms with Gasteiger partial charge in [-0.3, -0.25) is 0 Å². The molecule has 52 valence electrons. The Labute approximate surface area is 47.8 Å². The lowest BCUT2D eigenvalue weighted by Gasteiger charge is -1.60. The summed E-state index contributed by atoms with van der Waals surface area (Å²) in [5.74, 6) is 0. The highest BCUT2D eigenvalue weighted by atomic mass is 16.6. The third-order valence-electron chi connectivity index (χ3n) is 0. The third-order valence-corrected chi connectivity index (χ3v) is 0. The molecule has 0 aliphatic heterocycles. The van der Waals surface area contributed by atoms with Crippen LogP contribution in [0.5, 0.6) is 0 Å². The minimum Gasteiger partial charge on any atom is -0.450 e. The van der Waals surface area contributed by atoms with Crippen molar-refractivity contribution in [2.24, 2.45) is 0 Å². The first-order chi connectivity index (χ1) is 2.73. The summed E-state index contributed by atoms with van der Waals surface area (Å²) < 4.78 is 0. The van der Waals surface area contributed by atoms with Crippen molar-refractivity contribution >= 4 is 6.16 Å². The van der Waals surface area contributed by atoms with Crippen molar-refractivity contribution in [1.29, 1.82) is 0 Å². The van der Waals surface area contributed by atoms with Gasteiger partial charge in [-0.25, -0.2) is 4.79 Å². The van der Waals surface area contributed by atoms with E-state index in [0.29, 0.717) is 0 Å². The lowest BCUT2D eigenvalue weighted by atomic mass is 11.3. The quantitative estimate of drug-likeness (QED) is 0.362. The first kappa shape index (κ1) is 28.4. The molecule has 0 radical (unpaired) electrons. The normalized spacial score (nSPS) is 3.50. The van der Waals surface area contributed by atoms with Gasteiger partial charge in [-0.15, -0.1) is 13.2 Å².